The molecule has 1 saturated heterocycles. The molecule has 1 atom stereocenters. The first kappa shape index (κ1) is 12.9. The molecule has 0 radical (unpaired) electrons. The fraction of sp³-hybridized carbons (Fsp3) is 1.00. The molecule has 0 aromatic heterocycles. The molecule has 3 heteroatoms. The molecule has 0 spiro atoms. The second kappa shape index (κ2) is 6.46. The number of piperidine rings is 1. The van der Waals surface area contributed by atoms with E-state index in [2.05, 4.69) is 30.9 Å². The van der Waals surface area contributed by atoms with Crippen molar-refractivity contribution >= 4 is 0 Å². The molecular weight excluding hydrogens is 186 g/mol. The van der Waals surface area contributed by atoms with Gasteiger partial charge in [-0.05, 0) is 72.4 Å². The Balaban J connectivity index is 2.41. The lowest BCUT2D eigenvalue weighted by Gasteiger charge is -2.37. The summed E-state index contributed by atoms with van der Waals surface area (Å²) >= 11 is 0. The topological polar surface area (TPSA) is 32.5 Å². The molecule has 15 heavy (non-hydrogen) atoms. The zero-order valence-corrected chi connectivity index (χ0v) is 10.6. The molecule has 2 N–H and O–H groups in total. The molecule has 1 heterocycles. The predicted octanol–water partition coefficient (Wildman–Crippen LogP) is 0.997. The second-order valence-electron chi connectivity index (χ2n) is 5.10. The van der Waals surface area contributed by atoms with Crippen molar-refractivity contribution in [2.45, 2.75) is 31.7 Å². The molecule has 1 rings (SSSR count). The Morgan fingerprint density at radius 1 is 1.33 bits per heavy atom. The van der Waals surface area contributed by atoms with Gasteiger partial charge in [0.05, 0.1) is 0 Å². The predicted molar refractivity (Wildman–Crippen MR) is 66.0 cm³/mol. The van der Waals surface area contributed by atoms with Gasteiger partial charge < -0.3 is 15.5 Å². The van der Waals surface area contributed by atoms with Crippen LogP contribution in [0.15, 0.2) is 0 Å². The molecule has 0 bridgehead atoms. The minimum atomic E-state index is 0.738. The van der Waals surface area contributed by atoms with Crippen LogP contribution in [0.25, 0.3) is 0 Å². The van der Waals surface area contributed by atoms with E-state index in [1.54, 1.807) is 0 Å². The lowest BCUT2D eigenvalue weighted by molar-refractivity contribution is 0.124. The van der Waals surface area contributed by atoms with E-state index in [0.717, 1.165) is 24.9 Å². The summed E-state index contributed by atoms with van der Waals surface area (Å²) in [6, 6.07) is 0.738. The molecule has 0 aromatic carbocycles. The summed E-state index contributed by atoms with van der Waals surface area (Å²) in [6.07, 6.45) is 5.13. The van der Waals surface area contributed by atoms with Gasteiger partial charge in [-0.3, -0.25) is 0 Å². The van der Waals surface area contributed by atoms with Crippen molar-refractivity contribution in [2.24, 2.45) is 11.7 Å². The van der Waals surface area contributed by atoms with Crippen molar-refractivity contribution < 1.29 is 0 Å². The van der Waals surface area contributed by atoms with Crippen molar-refractivity contribution in [3.05, 3.63) is 0 Å². The summed E-state index contributed by atoms with van der Waals surface area (Å²) in [5.41, 5.74) is 5.60. The van der Waals surface area contributed by atoms with Crippen molar-refractivity contribution in [2.75, 3.05) is 40.8 Å². The minimum absolute atomic E-state index is 0.738. The van der Waals surface area contributed by atoms with Crippen LogP contribution in [0.5, 0.6) is 0 Å². The van der Waals surface area contributed by atoms with Crippen molar-refractivity contribution in [1.82, 2.24) is 9.80 Å². The smallest absolute Gasteiger partial charge is 0.0119 e. The van der Waals surface area contributed by atoms with Crippen LogP contribution in [0.2, 0.25) is 0 Å². The van der Waals surface area contributed by atoms with Gasteiger partial charge in [0.25, 0.3) is 0 Å². The number of nitrogens with zero attached hydrogens (tertiary/aromatic N) is 2. The van der Waals surface area contributed by atoms with Gasteiger partial charge in [0.1, 0.15) is 0 Å². The maximum atomic E-state index is 5.60. The molecular formula is C12H27N3. The minimum Gasteiger partial charge on any atom is -0.330 e. The van der Waals surface area contributed by atoms with E-state index >= 15 is 0 Å². The molecule has 0 amide bonds. The van der Waals surface area contributed by atoms with E-state index in [1.165, 1.54) is 32.4 Å². The lowest BCUT2D eigenvalue weighted by Crippen LogP contribution is -2.42. The third-order valence-corrected chi connectivity index (χ3v) is 3.67. The van der Waals surface area contributed by atoms with E-state index < -0.39 is 0 Å². The Morgan fingerprint density at radius 2 is 1.93 bits per heavy atom. The highest BCUT2D eigenvalue weighted by Gasteiger charge is 2.26. The van der Waals surface area contributed by atoms with Crippen LogP contribution in [0, 0.1) is 5.92 Å². The average Bonchev–Trinajstić information content (AvgIpc) is 2.21. The number of likely N-dealkylation sites (tertiary alicyclic amines) is 1. The van der Waals surface area contributed by atoms with Gasteiger partial charge in [-0.2, -0.15) is 0 Å². The summed E-state index contributed by atoms with van der Waals surface area (Å²) in [6.45, 7) is 3.35. The van der Waals surface area contributed by atoms with E-state index in [9.17, 15) is 0 Å². The Labute approximate surface area is 94.6 Å². The lowest BCUT2D eigenvalue weighted by atomic mass is 9.86. The van der Waals surface area contributed by atoms with Gasteiger partial charge in [0.15, 0.2) is 0 Å². The summed E-state index contributed by atoms with van der Waals surface area (Å²) < 4.78 is 0. The van der Waals surface area contributed by atoms with E-state index in [1.807, 2.05) is 0 Å². The van der Waals surface area contributed by atoms with Crippen molar-refractivity contribution in [3.63, 3.8) is 0 Å². The molecule has 0 saturated carbocycles. The zero-order chi connectivity index (χ0) is 11.3. The number of rotatable bonds is 5. The molecule has 0 aliphatic carbocycles. The van der Waals surface area contributed by atoms with Crippen LogP contribution in [0.3, 0.4) is 0 Å². The third-order valence-electron chi connectivity index (χ3n) is 3.67. The normalized spacial score (nSPS) is 22.2. The van der Waals surface area contributed by atoms with Crippen LogP contribution in [0.1, 0.15) is 25.7 Å². The monoisotopic (exact) mass is 213 g/mol. The summed E-state index contributed by atoms with van der Waals surface area (Å²) in [5, 5.41) is 0. The van der Waals surface area contributed by atoms with Crippen LogP contribution in [-0.2, 0) is 0 Å². The Morgan fingerprint density at radius 3 is 2.40 bits per heavy atom. The van der Waals surface area contributed by atoms with Gasteiger partial charge in [-0.15, -0.1) is 0 Å². The average molecular weight is 213 g/mol. The first-order valence-corrected chi connectivity index (χ1v) is 6.20. The summed E-state index contributed by atoms with van der Waals surface area (Å²) in [4.78, 5) is 4.83. The largest absolute Gasteiger partial charge is 0.330 e. The van der Waals surface area contributed by atoms with Crippen LogP contribution >= 0.6 is 0 Å². The third kappa shape index (κ3) is 4.09. The summed E-state index contributed by atoms with van der Waals surface area (Å²) in [5.74, 6) is 0.878. The molecule has 1 fully saturated rings. The maximum Gasteiger partial charge on any atom is 0.0119 e. The number of nitrogens with two attached hydrogens (primary N) is 1. The first-order chi connectivity index (χ1) is 7.15. The molecule has 1 unspecified atom stereocenters. The summed E-state index contributed by atoms with van der Waals surface area (Å²) in [7, 11) is 6.64. The quantitative estimate of drug-likeness (QED) is 0.739. The van der Waals surface area contributed by atoms with Gasteiger partial charge in [0, 0.05) is 6.04 Å². The van der Waals surface area contributed by atoms with E-state index in [-0.39, 0.29) is 0 Å². The van der Waals surface area contributed by atoms with Crippen LogP contribution < -0.4 is 5.73 Å². The standard InChI is InChI=1S/C12H27N3/c1-14(2)12(5-4-8-13)11-6-9-15(3)10-7-11/h11-12H,4-10,13H2,1-3H3. The first-order valence-electron chi connectivity index (χ1n) is 6.20. The van der Waals surface area contributed by atoms with Gasteiger partial charge in [0.2, 0.25) is 0 Å². The fourth-order valence-corrected chi connectivity index (χ4v) is 2.66. The molecule has 90 valence electrons. The molecule has 1 aliphatic rings. The highest BCUT2D eigenvalue weighted by molar-refractivity contribution is 4.81. The zero-order valence-electron chi connectivity index (χ0n) is 10.6. The van der Waals surface area contributed by atoms with Crippen LogP contribution in [-0.4, -0.2) is 56.6 Å². The van der Waals surface area contributed by atoms with Gasteiger partial charge in [-0.25, -0.2) is 0 Å². The molecule has 0 aromatic rings. The Kier molecular flexibility index (Phi) is 5.58. The van der Waals surface area contributed by atoms with E-state index in [0.29, 0.717) is 0 Å². The number of hydrogen-bond acceptors (Lipinski definition) is 3. The van der Waals surface area contributed by atoms with E-state index in [4.69, 9.17) is 5.73 Å². The maximum absolute atomic E-state index is 5.60. The Bertz CT molecular complexity index is 162. The SMILES string of the molecule is CN1CCC(C(CCCN)N(C)C)CC1. The Hall–Kier alpha value is -0.120. The number of hydrogen-bond donors (Lipinski definition) is 1. The van der Waals surface area contributed by atoms with Crippen molar-refractivity contribution in [1.29, 1.82) is 0 Å². The fourth-order valence-electron chi connectivity index (χ4n) is 2.66. The molecule has 3 nitrogen and oxygen atoms in total. The second-order valence-corrected chi connectivity index (χ2v) is 5.10. The van der Waals surface area contributed by atoms with Crippen LogP contribution in [0.4, 0.5) is 0 Å². The molecule has 1 aliphatic heterocycles. The highest BCUT2D eigenvalue weighted by Crippen LogP contribution is 2.25. The van der Waals surface area contributed by atoms with Gasteiger partial charge in [-0.1, -0.05) is 0 Å². The highest BCUT2D eigenvalue weighted by atomic mass is 15.1. The van der Waals surface area contributed by atoms with Gasteiger partial charge >= 0.3 is 0 Å². The van der Waals surface area contributed by atoms with Crippen molar-refractivity contribution in [3.8, 4) is 0 Å².